The Morgan fingerprint density at radius 3 is 2.06 bits per heavy atom. The van der Waals surface area contributed by atoms with Crippen molar-refractivity contribution in [3.63, 3.8) is 0 Å². The fourth-order valence-electron chi connectivity index (χ4n) is 2.70. The molecule has 2 aliphatic rings. The molecule has 102 valence electrons. The van der Waals surface area contributed by atoms with E-state index in [0.717, 1.165) is 31.5 Å². The molecule has 1 saturated carbocycles. The summed E-state index contributed by atoms with van der Waals surface area (Å²) in [5, 5.41) is 2.92. The number of rotatable bonds is 2. The molecule has 0 unspecified atom stereocenters. The third-order valence-electron chi connectivity index (χ3n) is 4.41. The van der Waals surface area contributed by atoms with Gasteiger partial charge in [0.25, 0.3) is 5.91 Å². The highest BCUT2D eigenvalue weighted by atomic mass is 16.5. The summed E-state index contributed by atoms with van der Waals surface area (Å²) in [6, 6.07) is 0. The Bertz CT molecular complexity index is 387. The molecule has 2 rings (SSSR count). The van der Waals surface area contributed by atoms with Crippen molar-refractivity contribution in [2.75, 3.05) is 7.11 Å². The molecule has 0 radical (unpaired) electrons. The fourth-order valence-corrected chi connectivity index (χ4v) is 2.70. The molecule has 0 aromatic heterocycles. The zero-order valence-corrected chi connectivity index (χ0v) is 12.1. The van der Waals surface area contributed by atoms with Gasteiger partial charge in [-0.3, -0.25) is 9.79 Å². The van der Waals surface area contributed by atoms with Crippen LogP contribution in [0, 0.1) is 5.41 Å². The molecule has 1 amide bonds. The van der Waals surface area contributed by atoms with Crippen LogP contribution in [0.4, 0.5) is 0 Å². The highest BCUT2D eigenvalue weighted by Gasteiger charge is 2.47. The van der Waals surface area contributed by atoms with Crippen molar-refractivity contribution in [3.05, 3.63) is 0 Å². The van der Waals surface area contributed by atoms with Crippen LogP contribution in [0.15, 0.2) is 4.99 Å². The van der Waals surface area contributed by atoms with Crippen molar-refractivity contribution in [1.29, 1.82) is 0 Å². The van der Waals surface area contributed by atoms with Gasteiger partial charge >= 0.3 is 0 Å². The van der Waals surface area contributed by atoms with Crippen molar-refractivity contribution in [2.24, 2.45) is 10.4 Å². The lowest BCUT2D eigenvalue weighted by Crippen LogP contribution is -2.51. The summed E-state index contributed by atoms with van der Waals surface area (Å²) in [5.41, 5.74) is -0.687. The van der Waals surface area contributed by atoms with Crippen molar-refractivity contribution < 1.29 is 9.53 Å². The molecule has 4 nitrogen and oxygen atoms in total. The average molecular weight is 252 g/mol. The number of hydrogen-bond acceptors (Lipinski definition) is 3. The highest BCUT2D eigenvalue weighted by molar-refractivity contribution is 6.11. The van der Waals surface area contributed by atoms with E-state index >= 15 is 0 Å². The summed E-state index contributed by atoms with van der Waals surface area (Å²) in [7, 11) is 1.72. The largest absolute Gasteiger partial charge is 0.370 e. The van der Waals surface area contributed by atoms with Gasteiger partial charge in [0.05, 0.1) is 0 Å². The maximum absolute atomic E-state index is 11.9. The van der Waals surface area contributed by atoms with E-state index in [-0.39, 0.29) is 11.5 Å². The fraction of sp³-hybridized carbons (Fsp3) is 0.857. The molecule has 1 fully saturated rings. The first kappa shape index (κ1) is 13.5. The summed E-state index contributed by atoms with van der Waals surface area (Å²) in [4.78, 5) is 16.4. The van der Waals surface area contributed by atoms with E-state index < -0.39 is 5.54 Å². The summed E-state index contributed by atoms with van der Waals surface area (Å²) in [5.74, 6) is 0.703. The molecule has 0 atom stereocenters. The molecule has 1 N–H and O–H groups in total. The monoisotopic (exact) mass is 252 g/mol. The SMILES string of the molecule is COC1(C2=NC(C)(C)C(=O)N2)CCC(C)(C)CC1. The molecule has 0 aromatic rings. The minimum absolute atomic E-state index is 0.0289. The topological polar surface area (TPSA) is 50.7 Å². The number of nitrogens with one attached hydrogen (secondary N) is 1. The van der Waals surface area contributed by atoms with Gasteiger partial charge in [-0.25, -0.2) is 0 Å². The first-order valence-corrected chi connectivity index (χ1v) is 6.68. The smallest absolute Gasteiger partial charge is 0.252 e. The Morgan fingerprint density at radius 1 is 1.11 bits per heavy atom. The zero-order valence-electron chi connectivity index (χ0n) is 12.1. The first-order valence-electron chi connectivity index (χ1n) is 6.68. The number of aliphatic imine (C=N–C) groups is 1. The van der Waals surface area contributed by atoms with Crippen LogP contribution in [0.3, 0.4) is 0 Å². The number of ether oxygens (including phenoxy) is 1. The van der Waals surface area contributed by atoms with Gasteiger partial charge in [0.1, 0.15) is 17.0 Å². The summed E-state index contributed by atoms with van der Waals surface area (Å²) in [6.45, 7) is 8.24. The van der Waals surface area contributed by atoms with E-state index in [1.807, 2.05) is 13.8 Å². The Morgan fingerprint density at radius 2 is 1.67 bits per heavy atom. The second kappa shape index (κ2) is 4.05. The predicted octanol–water partition coefficient (Wildman–Crippen LogP) is 2.28. The third-order valence-corrected chi connectivity index (χ3v) is 4.41. The van der Waals surface area contributed by atoms with E-state index in [0.29, 0.717) is 5.41 Å². The number of amides is 1. The van der Waals surface area contributed by atoms with Crippen molar-refractivity contribution in [3.8, 4) is 0 Å². The van der Waals surface area contributed by atoms with Crippen LogP contribution in [0.2, 0.25) is 0 Å². The molecule has 0 spiro atoms. The molecular formula is C14H24N2O2. The van der Waals surface area contributed by atoms with Crippen molar-refractivity contribution in [1.82, 2.24) is 5.32 Å². The summed E-state index contributed by atoms with van der Waals surface area (Å²) >= 11 is 0. The molecule has 1 aliphatic heterocycles. The molecule has 0 bridgehead atoms. The first-order chi connectivity index (χ1) is 8.21. The molecule has 0 saturated heterocycles. The predicted molar refractivity (Wildman–Crippen MR) is 71.6 cm³/mol. The maximum Gasteiger partial charge on any atom is 0.252 e. The van der Waals surface area contributed by atoms with Crippen LogP contribution in [-0.2, 0) is 9.53 Å². The number of amidine groups is 1. The molecule has 0 aromatic carbocycles. The second-order valence-corrected chi connectivity index (χ2v) is 6.84. The Balaban J connectivity index is 2.23. The number of hydrogen-bond donors (Lipinski definition) is 1. The lowest BCUT2D eigenvalue weighted by atomic mass is 9.70. The van der Waals surface area contributed by atoms with Gasteiger partial charge in [-0.05, 0) is 44.9 Å². The molecule has 1 aliphatic carbocycles. The lowest BCUT2D eigenvalue weighted by molar-refractivity contribution is -0.122. The van der Waals surface area contributed by atoms with Crippen LogP contribution in [0.1, 0.15) is 53.4 Å². The normalized spacial score (nSPS) is 28.7. The number of nitrogens with zero attached hydrogens (tertiary/aromatic N) is 1. The summed E-state index contributed by atoms with van der Waals surface area (Å²) in [6.07, 6.45) is 4.03. The van der Waals surface area contributed by atoms with E-state index in [1.54, 1.807) is 7.11 Å². The Hall–Kier alpha value is -0.900. The van der Waals surface area contributed by atoms with Gasteiger partial charge in [-0.15, -0.1) is 0 Å². The van der Waals surface area contributed by atoms with Gasteiger partial charge in [0.15, 0.2) is 0 Å². The lowest BCUT2D eigenvalue weighted by Gasteiger charge is -2.42. The van der Waals surface area contributed by atoms with Crippen molar-refractivity contribution in [2.45, 2.75) is 64.5 Å². The van der Waals surface area contributed by atoms with Crippen LogP contribution in [0.5, 0.6) is 0 Å². The Labute approximate surface area is 109 Å². The molecule has 18 heavy (non-hydrogen) atoms. The van der Waals surface area contributed by atoms with Gasteiger partial charge in [-0.2, -0.15) is 0 Å². The molecule has 1 heterocycles. The van der Waals surface area contributed by atoms with Gasteiger partial charge in [0.2, 0.25) is 0 Å². The number of carbonyl (C=O) groups is 1. The Kier molecular flexibility index (Phi) is 3.05. The molecule has 4 heteroatoms. The zero-order chi connectivity index (χ0) is 13.6. The highest BCUT2D eigenvalue weighted by Crippen LogP contribution is 2.43. The van der Waals surface area contributed by atoms with Crippen LogP contribution in [-0.4, -0.2) is 30.0 Å². The van der Waals surface area contributed by atoms with Crippen molar-refractivity contribution >= 4 is 11.7 Å². The van der Waals surface area contributed by atoms with Gasteiger partial charge in [0, 0.05) is 7.11 Å². The van der Waals surface area contributed by atoms with Crippen LogP contribution >= 0.6 is 0 Å². The quantitative estimate of drug-likeness (QED) is 0.819. The maximum atomic E-state index is 11.9. The van der Waals surface area contributed by atoms with Gasteiger partial charge in [-0.1, -0.05) is 13.8 Å². The second-order valence-electron chi connectivity index (χ2n) is 6.84. The number of carbonyl (C=O) groups excluding carboxylic acids is 1. The van der Waals surface area contributed by atoms with Crippen LogP contribution in [0.25, 0.3) is 0 Å². The minimum atomic E-state index is -0.659. The summed E-state index contributed by atoms with van der Waals surface area (Å²) < 4.78 is 5.75. The third kappa shape index (κ3) is 2.18. The number of methoxy groups -OCH3 is 1. The standard InChI is InChI=1S/C14H24N2O2/c1-12(2)6-8-14(18-5,9-7-12)10-15-11(17)13(3,4)16-10/h6-9H2,1-5H3,(H,15,16,17). The van der Waals surface area contributed by atoms with E-state index in [4.69, 9.17) is 4.74 Å². The van der Waals surface area contributed by atoms with Crippen LogP contribution < -0.4 is 5.32 Å². The minimum Gasteiger partial charge on any atom is -0.370 e. The van der Waals surface area contributed by atoms with E-state index in [2.05, 4.69) is 24.2 Å². The van der Waals surface area contributed by atoms with Gasteiger partial charge < -0.3 is 10.1 Å². The molecular weight excluding hydrogens is 228 g/mol. The average Bonchev–Trinajstić information content (AvgIpc) is 2.55. The van der Waals surface area contributed by atoms with E-state index in [1.165, 1.54) is 0 Å². The van der Waals surface area contributed by atoms with E-state index in [9.17, 15) is 4.79 Å².